The van der Waals surface area contributed by atoms with Crippen LogP contribution in [0, 0.1) is 20.2 Å². The number of rotatable bonds is 8. The maximum Gasteiger partial charge on any atom is 0.311 e. The van der Waals surface area contributed by atoms with E-state index in [-0.39, 0.29) is 34.3 Å². The first kappa shape index (κ1) is 19.4. The lowest BCUT2D eigenvalue weighted by molar-refractivity contribution is -0.385. The lowest BCUT2D eigenvalue weighted by atomic mass is 10.2. The van der Waals surface area contributed by atoms with Gasteiger partial charge in [-0.1, -0.05) is 0 Å². The molecule has 2 rings (SSSR count). The summed E-state index contributed by atoms with van der Waals surface area (Å²) in [5, 5.41) is 24.2. The predicted molar refractivity (Wildman–Crippen MR) is 93.4 cm³/mol. The number of amides is 1. The Hall–Kier alpha value is -3.89. The van der Waals surface area contributed by atoms with Crippen LogP contribution in [0.25, 0.3) is 0 Å². The number of non-ortho nitro benzene ring substituents is 1. The maximum atomic E-state index is 12.1. The molecular weight excluding hydrogens is 362 g/mol. The molecule has 1 N–H and O–H groups in total. The number of anilines is 1. The molecule has 27 heavy (non-hydrogen) atoms. The Morgan fingerprint density at radius 2 is 1.70 bits per heavy atom. The first-order chi connectivity index (χ1) is 12.8. The van der Waals surface area contributed by atoms with Crippen LogP contribution in [0.15, 0.2) is 36.4 Å². The monoisotopic (exact) mass is 377 g/mol. The molecule has 2 aromatic rings. The van der Waals surface area contributed by atoms with Gasteiger partial charge in [0, 0.05) is 24.3 Å². The Morgan fingerprint density at radius 1 is 1.00 bits per heavy atom. The van der Waals surface area contributed by atoms with E-state index < -0.39 is 22.4 Å². The summed E-state index contributed by atoms with van der Waals surface area (Å²) in [5.74, 6) is -0.200. The fraction of sp³-hybridized carbons (Fsp3) is 0.188. The molecule has 0 radical (unpaired) electrons. The number of methoxy groups -OCH3 is 2. The lowest BCUT2D eigenvalue weighted by Gasteiger charge is -2.11. The number of hydrogen-bond acceptors (Lipinski definition) is 8. The van der Waals surface area contributed by atoms with Gasteiger partial charge in [-0.05, 0) is 12.1 Å². The summed E-state index contributed by atoms with van der Waals surface area (Å²) < 4.78 is 15.2. The Balaban J connectivity index is 2.08. The van der Waals surface area contributed by atoms with Gasteiger partial charge < -0.3 is 19.5 Å². The zero-order chi connectivity index (χ0) is 20.0. The molecule has 0 aliphatic heterocycles. The number of benzene rings is 2. The van der Waals surface area contributed by atoms with E-state index in [4.69, 9.17) is 14.2 Å². The summed E-state index contributed by atoms with van der Waals surface area (Å²) in [7, 11) is 2.63. The number of ether oxygens (including phenoxy) is 3. The van der Waals surface area contributed by atoms with Crippen LogP contribution < -0.4 is 19.5 Å². The number of carbonyl (C=O) groups is 1. The van der Waals surface area contributed by atoms with Crippen molar-refractivity contribution in [1.82, 2.24) is 0 Å². The van der Waals surface area contributed by atoms with Crippen LogP contribution in [0.5, 0.6) is 17.2 Å². The van der Waals surface area contributed by atoms with Crippen molar-refractivity contribution in [2.75, 3.05) is 26.1 Å². The molecular formula is C16H15N3O8. The van der Waals surface area contributed by atoms with Crippen molar-refractivity contribution in [2.24, 2.45) is 0 Å². The Bertz CT molecular complexity index is 884. The average Bonchev–Trinajstić information content (AvgIpc) is 2.65. The Kier molecular flexibility index (Phi) is 6.10. The highest BCUT2D eigenvalue weighted by Crippen LogP contribution is 2.31. The van der Waals surface area contributed by atoms with Crippen LogP contribution >= 0.6 is 0 Å². The van der Waals surface area contributed by atoms with E-state index >= 15 is 0 Å². The molecule has 11 nitrogen and oxygen atoms in total. The van der Waals surface area contributed by atoms with E-state index in [1.165, 1.54) is 44.6 Å². The summed E-state index contributed by atoms with van der Waals surface area (Å²) >= 11 is 0. The van der Waals surface area contributed by atoms with Gasteiger partial charge in [-0.3, -0.25) is 25.0 Å². The highest BCUT2D eigenvalue weighted by atomic mass is 16.6. The third kappa shape index (κ3) is 4.81. The number of hydrogen-bond donors (Lipinski definition) is 1. The van der Waals surface area contributed by atoms with Gasteiger partial charge in [0.1, 0.15) is 11.5 Å². The summed E-state index contributed by atoms with van der Waals surface area (Å²) in [6, 6.07) is 7.55. The van der Waals surface area contributed by atoms with Gasteiger partial charge >= 0.3 is 5.69 Å². The lowest BCUT2D eigenvalue weighted by Crippen LogP contribution is -2.20. The first-order valence-electron chi connectivity index (χ1n) is 7.43. The standard InChI is InChI=1S/C16H15N3O8/c1-25-14-6-3-10(18(21)22)7-12(14)17-16(20)9-27-11-4-5-13(19(23)24)15(8-11)26-2/h3-8H,9H2,1-2H3,(H,17,20). The van der Waals surface area contributed by atoms with Crippen molar-refractivity contribution in [3.05, 3.63) is 56.6 Å². The molecule has 0 aliphatic carbocycles. The molecule has 0 atom stereocenters. The molecule has 0 aliphatic rings. The van der Waals surface area contributed by atoms with Crippen molar-refractivity contribution in [1.29, 1.82) is 0 Å². The second kappa shape index (κ2) is 8.47. The summed E-state index contributed by atoms with van der Waals surface area (Å²) in [5.41, 5.74) is -0.343. The molecule has 0 heterocycles. The van der Waals surface area contributed by atoms with Gasteiger partial charge in [0.15, 0.2) is 6.61 Å². The van der Waals surface area contributed by atoms with Crippen LogP contribution in [0.1, 0.15) is 0 Å². The van der Waals surface area contributed by atoms with Gasteiger partial charge in [-0.25, -0.2) is 0 Å². The highest BCUT2D eigenvalue weighted by Gasteiger charge is 2.17. The number of carbonyl (C=O) groups excluding carboxylic acids is 1. The minimum atomic E-state index is -0.607. The van der Waals surface area contributed by atoms with Gasteiger partial charge in [0.25, 0.3) is 11.6 Å². The third-order valence-electron chi connectivity index (χ3n) is 3.39. The van der Waals surface area contributed by atoms with Crippen molar-refractivity contribution in [3.8, 4) is 17.2 Å². The van der Waals surface area contributed by atoms with Crippen LogP contribution in [-0.2, 0) is 4.79 Å². The van der Waals surface area contributed by atoms with Crippen LogP contribution in [0.2, 0.25) is 0 Å². The van der Waals surface area contributed by atoms with E-state index in [0.717, 1.165) is 6.07 Å². The molecule has 0 saturated heterocycles. The molecule has 2 aromatic carbocycles. The Labute approximate surface area is 152 Å². The maximum absolute atomic E-state index is 12.1. The van der Waals surface area contributed by atoms with Gasteiger partial charge in [0.2, 0.25) is 5.75 Å². The molecule has 0 unspecified atom stereocenters. The number of nitrogens with one attached hydrogen (secondary N) is 1. The second-order valence-electron chi connectivity index (χ2n) is 5.07. The van der Waals surface area contributed by atoms with Gasteiger partial charge in [0.05, 0.1) is 29.8 Å². The first-order valence-corrected chi connectivity index (χ1v) is 7.43. The highest BCUT2D eigenvalue weighted by molar-refractivity contribution is 5.93. The smallest absolute Gasteiger partial charge is 0.311 e. The molecule has 0 fully saturated rings. The summed E-state index contributed by atoms with van der Waals surface area (Å²) in [6.45, 7) is -0.438. The van der Waals surface area contributed by atoms with E-state index in [2.05, 4.69) is 5.32 Å². The van der Waals surface area contributed by atoms with E-state index in [1.54, 1.807) is 0 Å². The molecule has 0 spiro atoms. The normalized spacial score (nSPS) is 10.0. The minimum Gasteiger partial charge on any atom is -0.495 e. The second-order valence-corrected chi connectivity index (χ2v) is 5.07. The zero-order valence-electron chi connectivity index (χ0n) is 14.3. The molecule has 0 saturated carbocycles. The minimum absolute atomic E-state index is 0.0155. The Morgan fingerprint density at radius 3 is 2.30 bits per heavy atom. The van der Waals surface area contributed by atoms with Crippen molar-refractivity contribution >= 4 is 23.0 Å². The predicted octanol–water partition coefficient (Wildman–Crippen LogP) is 2.54. The zero-order valence-corrected chi connectivity index (χ0v) is 14.3. The fourth-order valence-electron chi connectivity index (χ4n) is 2.14. The third-order valence-corrected chi connectivity index (χ3v) is 3.39. The van der Waals surface area contributed by atoms with Crippen LogP contribution in [0.4, 0.5) is 17.1 Å². The largest absolute Gasteiger partial charge is 0.495 e. The van der Waals surface area contributed by atoms with Crippen LogP contribution in [0.3, 0.4) is 0 Å². The van der Waals surface area contributed by atoms with Crippen molar-refractivity contribution in [3.63, 3.8) is 0 Å². The SMILES string of the molecule is COc1ccc([N+](=O)[O-])cc1NC(=O)COc1ccc([N+](=O)[O-])c(OC)c1. The number of nitrogens with zero attached hydrogens (tertiary/aromatic N) is 2. The van der Waals surface area contributed by atoms with Crippen LogP contribution in [-0.4, -0.2) is 36.6 Å². The van der Waals surface area contributed by atoms with Crippen molar-refractivity contribution in [2.45, 2.75) is 0 Å². The summed E-state index contributed by atoms with van der Waals surface area (Å²) in [6.07, 6.45) is 0. The quantitative estimate of drug-likeness (QED) is 0.546. The van der Waals surface area contributed by atoms with Crippen molar-refractivity contribution < 1.29 is 28.9 Å². The fourth-order valence-corrected chi connectivity index (χ4v) is 2.14. The van der Waals surface area contributed by atoms with E-state index in [9.17, 15) is 25.0 Å². The molecule has 0 aromatic heterocycles. The topological polar surface area (TPSA) is 143 Å². The van der Waals surface area contributed by atoms with Gasteiger partial charge in [-0.2, -0.15) is 0 Å². The summed E-state index contributed by atoms with van der Waals surface area (Å²) in [4.78, 5) is 32.6. The molecule has 142 valence electrons. The van der Waals surface area contributed by atoms with E-state index in [0.29, 0.717) is 0 Å². The molecule has 11 heteroatoms. The van der Waals surface area contributed by atoms with E-state index in [1.807, 2.05) is 0 Å². The number of nitro benzene ring substituents is 2. The van der Waals surface area contributed by atoms with Gasteiger partial charge in [-0.15, -0.1) is 0 Å². The molecule has 0 bridgehead atoms. The average molecular weight is 377 g/mol. The number of nitro groups is 2. The molecule has 1 amide bonds.